The SMILES string of the molecule is C=CCn1c(=NC(=O)CCCC)sc2c(C)cc(C)cc21. The Hall–Kier alpha value is -1.68. The van der Waals surface area contributed by atoms with Crippen LogP contribution in [0.25, 0.3) is 10.2 Å². The van der Waals surface area contributed by atoms with Crippen LogP contribution in [0.3, 0.4) is 0 Å². The molecular formula is C17H22N2OS. The second-order valence-electron chi connectivity index (χ2n) is 5.32. The van der Waals surface area contributed by atoms with Crippen molar-refractivity contribution in [1.29, 1.82) is 0 Å². The molecule has 0 atom stereocenters. The van der Waals surface area contributed by atoms with E-state index in [4.69, 9.17) is 0 Å². The summed E-state index contributed by atoms with van der Waals surface area (Å²) in [4.78, 5) is 17.1. The van der Waals surface area contributed by atoms with E-state index in [0.717, 1.165) is 23.2 Å². The van der Waals surface area contributed by atoms with E-state index in [1.54, 1.807) is 11.3 Å². The van der Waals surface area contributed by atoms with Crippen LogP contribution in [0.15, 0.2) is 29.8 Å². The zero-order valence-electron chi connectivity index (χ0n) is 13.0. The van der Waals surface area contributed by atoms with Crippen LogP contribution < -0.4 is 4.80 Å². The maximum atomic E-state index is 12.0. The van der Waals surface area contributed by atoms with Crippen LogP contribution in [-0.2, 0) is 11.3 Å². The van der Waals surface area contributed by atoms with Crippen LogP contribution in [0.5, 0.6) is 0 Å². The van der Waals surface area contributed by atoms with Crippen LogP contribution in [0.2, 0.25) is 0 Å². The summed E-state index contributed by atoms with van der Waals surface area (Å²) in [5.41, 5.74) is 3.59. The third-order valence-electron chi connectivity index (χ3n) is 3.39. The molecule has 0 N–H and O–H groups in total. The Morgan fingerprint density at radius 3 is 2.86 bits per heavy atom. The van der Waals surface area contributed by atoms with E-state index < -0.39 is 0 Å². The highest BCUT2D eigenvalue weighted by atomic mass is 32.1. The topological polar surface area (TPSA) is 34.4 Å². The molecule has 3 nitrogen and oxygen atoms in total. The van der Waals surface area contributed by atoms with E-state index in [9.17, 15) is 4.79 Å². The van der Waals surface area contributed by atoms with Gasteiger partial charge in [0, 0.05) is 13.0 Å². The molecule has 0 aliphatic rings. The number of fused-ring (bicyclic) bond motifs is 1. The number of unbranched alkanes of at least 4 members (excludes halogenated alkanes) is 1. The number of amides is 1. The van der Waals surface area contributed by atoms with Crippen LogP contribution in [0, 0.1) is 13.8 Å². The molecule has 21 heavy (non-hydrogen) atoms. The first-order chi connectivity index (χ1) is 10.1. The first-order valence-electron chi connectivity index (χ1n) is 7.35. The number of aromatic nitrogens is 1. The number of hydrogen-bond donors (Lipinski definition) is 0. The molecule has 4 heteroatoms. The minimum absolute atomic E-state index is 0.0319. The van der Waals surface area contributed by atoms with Gasteiger partial charge in [0.15, 0.2) is 4.80 Å². The van der Waals surface area contributed by atoms with Crippen LogP contribution >= 0.6 is 11.3 Å². The molecule has 0 fully saturated rings. The predicted molar refractivity (Wildman–Crippen MR) is 89.6 cm³/mol. The van der Waals surface area contributed by atoms with Gasteiger partial charge in [0.1, 0.15) is 0 Å². The number of carbonyl (C=O) groups excluding carboxylic acids is 1. The second-order valence-corrected chi connectivity index (χ2v) is 6.30. The summed E-state index contributed by atoms with van der Waals surface area (Å²) >= 11 is 1.59. The molecule has 2 rings (SSSR count). The monoisotopic (exact) mass is 302 g/mol. The Kier molecular flexibility index (Phi) is 5.12. The van der Waals surface area contributed by atoms with Gasteiger partial charge in [-0.05, 0) is 37.5 Å². The third kappa shape index (κ3) is 3.50. The predicted octanol–water partition coefficient (Wildman–Crippen LogP) is 4.12. The van der Waals surface area contributed by atoms with Gasteiger partial charge < -0.3 is 4.57 Å². The van der Waals surface area contributed by atoms with Gasteiger partial charge in [-0.1, -0.05) is 36.8 Å². The molecule has 1 amide bonds. The van der Waals surface area contributed by atoms with Gasteiger partial charge in [0.2, 0.25) is 5.91 Å². The van der Waals surface area contributed by atoms with Gasteiger partial charge in [-0.25, -0.2) is 0 Å². The van der Waals surface area contributed by atoms with E-state index in [1.807, 2.05) is 6.08 Å². The lowest BCUT2D eigenvalue weighted by molar-refractivity contribution is -0.118. The Morgan fingerprint density at radius 1 is 1.43 bits per heavy atom. The largest absolute Gasteiger partial charge is 0.312 e. The van der Waals surface area contributed by atoms with E-state index in [2.05, 4.69) is 49.0 Å². The van der Waals surface area contributed by atoms with Crippen molar-refractivity contribution in [3.63, 3.8) is 0 Å². The molecule has 2 aromatic rings. The third-order valence-corrected chi connectivity index (χ3v) is 4.62. The zero-order valence-corrected chi connectivity index (χ0v) is 13.8. The number of allylic oxidation sites excluding steroid dienone is 1. The molecule has 0 unspecified atom stereocenters. The molecule has 0 radical (unpaired) electrons. The number of rotatable bonds is 5. The van der Waals surface area contributed by atoms with Crippen molar-refractivity contribution in [2.24, 2.45) is 4.99 Å². The number of aryl methyl sites for hydroxylation is 2. The quantitative estimate of drug-likeness (QED) is 0.765. The van der Waals surface area contributed by atoms with Crippen LogP contribution in [0.1, 0.15) is 37.3 Å². The van der Waals surface area contributed by atoms with Gasteiger partial charge >= 0.3 is 0 Å². The van der Waals surface area contributed by atoms with E-state index in [0.29, 0.717) is 13.0 Å². The summed E-state index contributed by atoms with van der Waals surface area (Å²) in [5, 5.41) is 0. The minimum Gasteiger partial charge on any atom is -0.312 e. The lowest BCUT2D eigenvalue weighted by atomic mass is 10.1. The first-order valence-corrected chi connectivity index (χ1v) is 8.17. The fourth-order valence-corrected chi connectivity index (χ4v) is 3.50. The molecule has 0 aliphatic carbocycles. The maximum absolute atomic E-state index is 12.0. The zero-order chi connectivity index (χ0) is 15.4. The minimum atomic E-state index is -0.0319. The van der Waals surface area contributed by atoms with E-state index >= 15 is 0 Å². The Balaban J connectivity index is 2.60. The molecule has 112 valence electrons. The lowest BCUT2D eigenvalue weighted by Gasteiger charge is -2.03. The second kappa shape index (κ2) is 6.85. The summed E-state index contributed by atoms with van der Waals surface area (Å²) < 4.78 is 3.28. The molecule has 0 bridgehead atoms. The highest BCUT2D eigenvalue weighted by Crippen LogP contribution is 2.23. The summed E-state index contributed by atoms with van der Waals surface area (Å²) in [6, 6.07) is 4.32. The normalized spacial score (nSPS) is 12.0. The van der Waals surface area contributed by atoms with Crippen molar-refractivity contribution in [1.82, 2.24) is 4.57 Å². The molecule has 0 saturated heterocycles. The van der Waals surface area contributed by atoms with Gasteiger partial charge in [0.05, 0.1) is 10.2 Å². The van der Waals surface area contributed by atoms with E-state index in [1.165, 1.54) is 15.8 Å². The van der Waals surface area contributed by atoms with Crippen molar-refractivity contribution >= 4 is 27.5 Å². The van der Waals surface area contributed by atoms with Gasteiger partial charge in [-0.3, -0.25) is 4.79 Å². The molecule has 1 aromatic heterocycles. The highest BCUT2D eigenvalue weighted by molar-refractivity contribution is 7.16. The smallest absolute Gasteiger partial charge is 0.248 e. The van der Waals surface area contributed by atoms with Crippen molar-refractivity contribution in [2.45, 2.75) is 46.6 Å². The molecule has 1 heterocycles. The molecule has 1 aromatic carbocycles. The number of hydrogen-bond acceptors (Lipinski definition) is 2. The fraction of sp³-hybridized carbons (Fsp3) is 0.412. The van der Waals surface area contributed by atoms with Crippen molar-refractivity contribution < 1.29 is 4.79 Å². The van der Waals surface area contributed by atoms with E-state index in [-0.39, 0.29) is 5.91 Å². The average Bonchev–Trinajstić information content (AvgIpc) is 2.76. The van der Waals surface area contributed by atoms with Gasteiger partial charge in [-0.2, -0.15) is 4.99 Å². The Bertz CT molecular complexity index is 737. The Labute approximate surface area is 129 Å². The molecular weight excluding hydrogens is 280 g/mol. The number of benzene rings is 1. The summed E-state index contributed by atoms with van der Waals surface area (Å²) in [6.45, 7) is 10.8. The van der Waals surface area contributed by atoms with Crippen molar-refractivity contribution in [2.75, 3.05) is 0 Å². The maximum Gasteiger partial charge on any atom is 0.248 e. The molecule has 0 saturated carbocycles. The lowest BCUT2D eigenvalue weighted by Crippen LogP contribution is -2.16. The molecule has 0 aliphatic heterocycles. The summed E-state index contributed by atoms with van der Waals surface area (Å²) in [5.74, 6) is -0.0319. The number of thiazole rings is 1. The number of nitrogens with zero attached hydrogens (tertiary/aromatic N) is 2. The first kappa shape index (κ1) is 15.7. The van der Waals surface area contributed by atoms with Gasteiger partial charge in [0.25, 0.3) is 0 Å². The Morgan fingerprint density at radius 2 is 2.19 bits per heavy atom. The van der Waals surface area contributed by atoms with Gasteiger partial charge in [-0.15, -0.1) is 6.58 Å². The fourth-order valence-electron chi connectivity index (χ4n) is 2.39. The van der Waals surface area contributed by atoms with Crippen molar-refractivity contribution in [3.8, 4) is 0 Å². The van der Waals surface area contributed by atoms with Crippen LogP contribution in [0.4, 0.5) is 0 Å². The van der Waals surface area contributed by atoms with Crippen LogP contribution in [-0.4, -0.2) is 10.5 Å². The molecule has 0 spiro atoms. The summed E-state index contributed by atoms with van der Waals surface area (Å²) in [6.07, 6.45) is 4.28. The standard InChI is InChI=1S/C17H22N2OS/c1-5-7-8-15(20)18-17-19(9-6-2)14-11-12(3)10-13(4)16(14)21-17/h6,10-11H,2,5,7-9H2,1,3-4H3. The average molecular weight is 302 g/mol. The summed E-state index contributed by atoms with van der Waals surface area (Å²) in [7, 11) is 0. The number of carbonyl (C=O) groups is 1. The van der Waals surface area contributed by atoms with Crippen molar-refractivity contribution in [3.05, 3.63) is 40.7 Å². The highest BCUT2D eigenvalue weighted by Gasteiger charge is 2.09.